The molecule has 3 aromatic carbocycles. The number of aromatic nitrogens is 1. The largest absolute Gasteiger partial charge is 0.476 e. The topological polar surface area (TPSA) is 137 Å². The second-order valence-corrected chi connectivity index (χ2v) is 18.4. The number of nitriles is 1. The first-order valence-electron chi connectivity index (χ1n) is 20.6. The molecule has 4 aliphatic rings. The number of nitrogens with one attached hydrogen (secondary N) is 1. The molecule has 1 saturated carbocycles. The zero-order valence-corrected chi connectivity index (χ0v) is 35.3. The molecule has 312 valence electrons. The van der Waals surface area contributed by atoms with Crippen molar-refractivity contribution in [2.75, 3.05) is 38.7 Å². The highest BCUT2D eigenvalue weighted by molar-refractivity contribution is 6.04. The molecule has 0 spiro atoms. The quantitative estimate of drug-likeness (QED) is 0.0814. The molecule has 11 nitrogen and oxygen atoms in total. The van der Waals surface area contributed by atoms with Crippen LogP contribution < -0.4 is 14.8 Å². The molecule has 4 aromatic rings. The fourth-order valence-electron chi connectivity index (χ4n) is 8.57. The molecule has 1 aliphatic carbocycles. The molecule has 4 fully saturated rings. The summed E-state index contributed by atoms with van der Waals surface area (Å²) < 4.78 is 36.3. The molecule has 2 N–H and O–H groups in total. The number of pyridine rings is 1. The van der Waals surface area contributed by atoms with Crippen LogP contribution in [0, 0.1) is 28.5 Å². The highest BCUT2D eigenvalue weighted by Crippen LogP contribution is 2.48. The summed E-state index contributed by atoms with van der Waals surface area (Å²) in [5, 5.41) is 25.8. The van der Waals surface area contributed by atoms with Crippen LogP contribution in [-0.2, 0) is 22.4 Å². The van der Waals surface area contributed by atoms with E-state index in [9.17, 15) is 20.0 Å². The van der Waals surface area contributed by atoms with Gasteiger partial charge >= 0.3 is 12.1 Å². The second kappa shape index (κ2) is 16.4. The van der Waals surface area contributed by atoms with Crippen LogP contribution in [0.25, 0.3) is 32.8 Å². The molecule has 3 aliphatic heterocycles. The van der Waals surface area contributed by atoms with Crippen LogP contribution in [0.1, 0.15) is 78.4 Å². The van der Waals surface area contributed by atoms with Gasteiger partial charge in [0.2, 0.25) is 5.88 Å². The molecule has 59 heavy (non-hydrogen) atoms. The van der Waals surface area contributed by atoms with Gasteiger partial charge in [0.1, 0.15) is 23.5 Å². The number of aliphatic hydroxyl groups is 1. The number of ether oxygens (including phenoxy) is 3. The van der Waals surface area contributed by atoms with Crippen molar-refractivity contribution in [1.29, 1.82) is 5.26 Å². The third-order valence-corrected chi connectivity index (χ3v) is 11.8. The highest BCUT2D eigenvalue weighted by atomic mass is 19.1. The first-order chi connectivity index (χ1) is 28.0. The van der Waals surface area contributed by atoms with E-state index in [-0.39, 0.29) is 78.7 Å². The van der Waals surface area contributed by atoms with E-state index in [2.05, 4.69) is 29.9 Å². The highest BCUT2D eigenvalue weighted by Gasteiger charge is 2.55. The Balaban J connectivity index is 1.44. The number of aliphatic hydroxyl groups excluding tert-OH is 1. The fourth-order valence-corrected chi connectivity index (χ4v) is 8.57. The minimum Gasteiger partial charge on any atom is -0.476 e. The number of halogens is 1. The van der Waals surface area contributed by atoms with Crippen molar-refractivity contribution in [1.82, 2.24) is 14.8 Å². The SMILES string of the molecule is C=C(CO)Cc1c(OC[C@@H]2CCCN2C)nc2c(F)c(-c3cc(OC(=O)C(C)(C)C)cc4ccccc34)c(CCC#N)cc2c1NC1C2CC1N(C(=O)OC(C)(C)C)C2. The van der Waals surface area contributed by atoms with E-state index >= 15 is 4.39 Å². The van der Waals surface area contributed by atoms with Crippen molar-refractivity contribution < 1.29 is 33.3 Å². The average molecular weight is 806 g/mol. The molecule has 4 heterocycles. The first-order valence-corrected chi connectivity index (χ1v) is 20.6. The smallest absolute Gasteiger partial charge is 0.410 e. The van der Waals surface area contributed by atoms with Crippen LogP contribution in [0.15, 0.2) is 54.6 Å². The Hall–Kier alpha value is -5.25. The van der Waals surface area contributed by atoms with Gasteiger partial charge in [0.15, 0.2) is 5.82 Å². The number of nitrogens with zero attached hydrogens (tertiary/aromatic N) is 4. The number of rotatable bonds is 12. The summed E-state index contributed by atoms with van der Waals surface area (Å²) in [4.78, 5) is 35.5. The lowest BCUT2D eigenvalue weighted by Crippen LogP contribution is -2.50. The molecule has 0 radical (unpaired) electrons. The minimum atomic E-state index is -0.780. The molecule has 2 bridgehead atoms. The van der Waals surface area contributed by atoms with Gasteiger partial charge in [0.25, 0.3) is 0 Å². The Morgan fingerprint density at radius 2 is 1.88 bits per heavy atom. The van der Waals surface area contributed by atoms with E-state index in [4.69, 9.17) is 19.2 Å². The standard InChI is InChI=1S/C47H56FN5O6/c1-27(25-54)19-36-41(50-40-30-22-37(40)53(24-30)45(56)59-47(5,6)7)35-21-29(14-11-17-49)38(39(48)42(35)51-43(36)57-26-31-15-12-18-52(31)8)34-23-32(58-44(55)46(2,3)4)20-28-13-9-10-16-33(28)34/h9-10,13,16,20-21,23,30-31,37,40,54H,1,11-12,14-15,18-19,22,24-26H2,2-8H3,(H,50,51)/t30?,31-,37?,40?/m0/s1. The van der Waals surface area contributed by atoms with Gasteiger partial charge in [0.05, 0.1) is 35.9 Å². The summed E-state index contributed by atoms with van der Waals surface area (Å²) in [6.45, 7) is 16.5. The number of carbonyl (C=O) groups is 2. The third kappa shape index (κ3) is 8.59. The summed E-state index contributed by atoms with van der Waals surface area (Å²) in [6.07, 6.45) is 2.96. The normalized spacial score (nSPS) is 20.4. The van der Waals surface area contributed by atoms with E-state index in [1.165, 1.54) is 0 Å². The Morgan fingerprint density at radius 3 is 2.56 bits per heavy atom. The van der Waals surface area contributed by atoms with Crippen molar-refractivity contribution >= 4 is 39.4 Å². The van der Waals surface area contributed by atoms with Gasteiger partial charge < -0.3 is 34.4 Å². The van der Waals surface area contributed by atoms with Gasteiger partial charge in [-0.15, -0.1) is 0 Å². The lowest BCUT2D eigenvalue weighted by Gasteiger charge is -2.38. The molecule has 8 rings (SSSR count). The van der Waals surface area contributed by atoms with E-state index < -0.39 is 22.8 Å². The van der Waals surface area contributed by atoms with Gasteiger partial charge in [-0.25, -0.2) is 14.2 Å². The van der Waals surface area contributed by atoms with E-state index in [0.29, 0.717) is 46.5 Å². The minimum absolute atomic E-state index is 0.0631. The van der Waals surface area contributed by atoms with Crippen LogP contribution in [0.3, 0.4) is 0 Å². The number of aryl methyl sites for hydroxylation is 1. The van der Waals surface area contributed by atoms with Crippen molar-refractivity contribution in [2.45, 2.75) is 104 Å². The molecule has 12 heteroatoms. The lowest BCUT2D eigenvalue weighted by molar-refractivity contribution is -0.142. The van der Waals surface area contributed by atoms with Crippen molar-refractivity contribution in [3.63, 3.8) is 0 Å². The third-order valence-electron chi connectivity index (χ3n) is 11.8. The Labute approximate surface area is 346 Å². The molecule has 1 aromatic heterocycles. The lowest BCUT2D eigenvalue weighted by atomic mass is 9.79. The zero-order chi connectivity index (χ0) is 42.4. The van der Waals surface area contributed by atoms with Gasteiger partial charge in [-0.1, -0.05) is 30.8 Å². The maximum Gasteiger partial charge on any atom is 0.410 e. The fraction of sp³-hybridized carbons (Fsp3) is 0.489. The second-order valence-electron chi connectivity index (χ2n) is 18.4. The Bertz CT molecular complexity index is 2340. The Kier molecular flexibility index (Phi) is 11.7. The van der Waals surface area contributed by atoms with Crippen LogP contribution >= 0.6 is 0 Å². The van der Waals surface area contributed by atoms with Crippen LogP contribution in [-0.4, -0.2) is 89.0 Å². The van der Waals surface area contributed by atoms with Crippen molar-refractivity contribution in [3.05, 3.63) is 71.6 Å². The van der Waals surface area contributed by atoms with Gasteiger partial charge in [0, 0.05) is 47.9 Å². The van der Waals surface area contributed by atoms with Crippen molar-refractivity contribution in [2.24, 2.45) is 11.3 Å². The number of hydrogen-bond acceptors (Lipinski definition) is 10. The maximum atomic E-state index is 18.0. The monoisotopic (exact) mass is 805 g/mol. The predicted octanol–water partition coefficient (Wildman–Crippen LogP) is 8.59. The van der Waals surface area contributed by atoms with Gasteiger partial charge in [-0.3, -0.25) is 4.79 Å². The van der Waals surface area contributed by atoms with E-state index in [0.717, 1.165) is 36.6 Å². The number of anilines is 1. The average Bonchev–Trinajstić information content (AvgIpc) is 3.90. The zero-order valence-electron chi connectivity index (χ0n) is 35.3. The van der Waals surface area contributed by atoms with Crippen molar-refractivity contribution in [3.8, 4) is 28.8 Å². The van der Waals surface area contributed by atoms with Crippen LogP contribution in [0.5, 0.6) is 11.6 Å². The van der Waals surface area contributed by atoms with E-state index in [1.54, 1.807) is 37.8 Å². The maximum absolute atomic E-state index is 18.0. The van der Waals surface area contributed by atoms with Gasteiger partial charge in [-0.2, -0.15) is 5.26 Å². The number of benzene rings is 3. The van der Waals surface area contributed by atoms with Gasteiger partial charge in [-0.05, 0) is 126 Å². The number of fused-ring (bicyclic) bond motifs is 3. The number of likely N-dealkylation sites (tertiary alicyclic amines) is 1. The van der Waals surface area contributed by atoms with E-state index in [1.807, 2.05) is 51.1 Å². The number of amides is 1. The Morgan fingerprint density at radius 1 is 1.12 bits per heavy atom. The number of likely N-dealkylation sites (N-methyl/N-ethyl adjacent to an activating group) is 1. The molecular formula is C47H56FN5O6. The summed E-state index contributed by atoms with van der Waals surface area (Å²) in [7, 11) is 2.06. The summed E-state index contributed by atoms with van der Waals surface area (Å²) >= 11 is 0. The molecule has 4 atom stereocenters. The summed E-state index contributed by atoms with van der Waals surface area (Å²) in [5.41, 5.74) is 1.71. The summed E-state index contributed by atoms with van der Waals surface area (Å²) in [6, 6.07) is 14.9. The molecule has 3 saturated heterocycles. The molecule has 3 unspecified atom stereocenters. The summed E-state index contributed by atoms with van der Waals surface area (Å²) in [5.74, 6) is -0.407. The number of hydrogen-bond donors (Lipinski definition) is 2. The van der Waals surface area contributed by atoms with Crippen LogP contribution in [0.4, 0.5) is 14.9 Å². The first kappa shape index (κ1) is 41.9. The number of carbonyl (C=O) groups excluding carboxylic acids is 2. The van der Waals surface area contributed by atoms with Crippen LogP contribution in [0.2, 0.25) is 0 Å². The number of esters is 1. The molecular weight excluding hydrogens is 750 g/mol. The molecule has 1 amide bonds. The predicted molar refractivity (Wildman–Crippen MR) is 227 cm³/mol.